The summed E-state index contributed by atoms with van der Waals surface area (Å²) < 4.78 is 7.56. The molecule has 5 rings (SSSR count). The standard InChI is InChI=1S/C32H34N4O3/c1-33(2)19-20-34(3)32(38)29-18-17-26-22-36(28-11-7-5-9-25(28)21-35(26)29)31(37)24-15-13-23(14-16-24)27-10-6-8-12-30(27)39-4/h5-18H,19-22H2,1-4H3. The van der Waals surface area contributed by atoms with E-state index in [9.17, 15) is 9.59 Å². The van der Waals surface area contributed by atoms with E-state index in [4.69, 9.17) is 4.74 Å². The number of anilines is 1. The van der Waals surface area contributed by atoms with Gasteiger partial charge in [-0.3, -0.25) is 9.59 Å². The van der Waals surface area contributed by atoms with Crippen molar-refractivity contribution in [3.05, 3.63) is 107 Å². The van der Waals surface area contributed by atoms with E-state index in [2.05, 4.69) is 4.90 Å². The number of methoxy groups -OCH3 is 1. The number of benzene rings is 3. The third kappa shape index (κ3) is 5.31. The van der Waals surface area contributed by atoms with Crippen molar-refractivity contribution < 1.29 is 14.3 Å². The Labute approximate surface area is 229 Å². The van der Waals surface area contributed by atoms with Gasteiger partial charge in [0.15, 0.2) is 0 Å². The Hall–Kier alpha value is -4.36. The first-order chi connectivity index (χ1) is 18.9. The van der Waals surface area contributed by atoms with E-state index < -0.39 is 0 Å². The maximum absolute atomic E-state index is 13.9. The van der Waals surface area contributed by atoms with Gasteiger partial charge in [-0.2, -0.15) is 0 Å². The lowest BCUT2D eigenvalue weighted by molar-refractivity contribution is 0.0775. The molecule has 0 bridgehead atoms. The average Bonchev–Trinajstić information content (AvgIpc) is 3.27. The number of hydrogen-bond acceptors (Lipinski definition) is 4. The lowest BCUT2D eigenvalue weighted by atomic mass is 10.0. The summed E-state index contributed by atoms with van der Waals surface area (Å²) in [5.74, 6) is 0.684. The molecule has 0 fully saturated rings. The van der Waals surface area contributed by atoms with Gasteiger partial charge in [-0.25, -0.2) is 0 Å². The van der Waals surface area contributed by atoms with Crippen LogP contribution in [0, 0.1) is 0 Å². The highest BCUT2D eigenvalue weighted by Gasteiger charge is 2.28. The maximum Gasteiger partial charge on any atom is 0.270 e. The van der Waals surface area contributed by atoms with Crippen LogP contribution in [0.3, 0.4) is 0 Å². The number of carbonyl (C=O) groups is 2. The summed E-state index contributed by atoms with van der Waals surface area (Å²) in [5.41, 5.74) is 5.98. The molecular weight excluding hydrogens is 488 g/mol. The lowest BCUT2D eigenvalue weighted by Crippen LogP contribution is -2.34. The van der Waals surface area contributed by atoms with E-state index in [1.54, 1.807) is 12.0 Å². The van der Waals surface area contributed by atoms with Crippen LogP contribution in [0.4, 0.5) is 5.69 Å². The molecule has 0 aliphatic carbocycles. The fourth-order valence-corrected chi connectivity index (χ4v) is 5.01. The summed E-state index contributed by atoms with van der Waals surface area (Å²) in [5, 5.41) is 0. The van der Waals surface area contributed by atoms with Crippen molar-refractivity contribution in [1.29, 1.82) is 0 Å². The topological polar surface area (TPSA) is 58.0 Å². The Balaban J connectivity index is 1.45. The Kier molecular flexibility index (Phi) is 7.52. The number of aromatic nitrogens is 1. The van der Waals surface area contributed by atoms with Gasteiger partial charge in [0.25, 0.3) is 11.8 Å². The zero-order valence-corrected chi connectivity index (χ0v) is 22.9. The first-order valence-corrected chi connectivity index (χ1v) is 13.1. The van der Waals surface area contributed by atoms with Crippen molar-refractivity contribution >= 4 is 17.5 Å². The van der Waals surface area contributed by atoms with Crippen LogP contribution in [0.25, 0.3) is 11.1 Å². The summed E-state index contributed by atoms with van der Waals surface area (Å²) >= 11 is 0. The predicted octanol–water partition coefficient (Wildman–Crippen LogP) is 5.01. The molecule has 1 aliphatic rings. The minimum atomic E-state index is -0.0837. The third-order valence-electron chi connectivity index (χ3n) is 7.25. The molecule has 200 valence electrons. The monoisotopic (exact) mass is 522 g/mol. The third-order valence-corrected chi connectivity index (χ3v) is 7.25. The number of rotatable bonds is 7. The zero-order chi connectivity index (χ0) is 27.5. The Morgan fingerprint density at radius 3 is 2.28 bits per heavy atom. The van der Waals surface area contributed by atoms with E-state index in [1.165, 1.54) is 0 Å². The van der Waals surface area contributed by atoms with Gasteiger partial charge in [0, 0.05) is 42.6 Å². The van der Waals surface area contributed by atoms with E-state index in [0.29, 0.717) is 30.9 Å². The van der Waals surface area contributed by atoms with Crippen molar-refractivity contribution in [3.8, 4) is 16.9 Å². The summed E-state index contributed by atoms with van der Waals surface area (Å²) in [6.45, 7) is 2.32. The molecule has 0 atom stereocenters. The molecule has 7 nitrogen and oxygen atoms in total. The minimum absolute atomic E-state index is 0.0210. The van der Waals surface area contributed by atoms with Gasteiger partial charge in [0.1, 0.15) is 11.4 Å². The van der Waals surface area contributed by atoms with E-state index in [-0.39, 0.29) is 11.8 Å². The number of fused-ring (bicyclic) bond motifs is 2. The van der Waals surface area contributed by atoms with Crippen LogP contribution in [0.1, 0.15) is 32.1 Å². The molecule has 2 amide bonds. The molecule has 0 saturated heterocycles. The molecule has 0 unspecified atom stereocenters. The fraction of sp³-hybridized carbons (Fsp3) is 0.250. The van der Waals surface area contributed by atoms with E-state index in [1.807, 2.05) is 116 Å². The largest absolute Gasteiger partial charge is 0.496 e. The van der Waals surface area contributed by atoms with Crippen LogP contribution in [0.2, 0.25) is 0 Å². The normalized spacial score (nSPS) is 12.5. The first kappa shape index (κ1) is 26.3. The highest BCUT2D eigenvalue weighted by molar-refractivity contribution is 6.07. The summed E-state index contributed by atoms with van der Waals surface area (Å²) in [4.78, 5) is 32.9. The molecular formula is C32H34N4O3. The summed E-state index contributed by atoms with van der Waals surface area (Å²) in [6.07, 6.45) is 0. The van der Waals surface area contributed by atoms with Gasteiger partial charge in [0.05, 0.1) is 20.2 Å². The summed E-state index contributed by atoms with van der Waals surface area (Å²) in [6, 6.07) is 27.3. The van der Waals surface area contributed by atoms with Crippen molar-refractivity contribution in [2.24, 2.45) is 0 Å². The van der Waals surface area contributed by atoms with Gasteiger partial charge in [0.2, 0.25) is 0 Å². The molecule has 4 aromatic rings. The van der Waals surface area contributed by atoms with Gasteiger partial charge in [-0.1, -0.05) is 48.5 Å². The Bertz CT molecular complexity index is 1490. The molecule has 0 N–H and O–H groups in total. The number of amides is 2. The highest BCUT2D eigenvalue weighted by Crippen LogP contribution is 2.32. The number of ether oxygens (including phenoxy) is 1. The second kappa shape index (κ2) is 11.2. The van der Waals surface area contributed by atoms with Crippen molar-refractivity contribution in [2.45, 2.75) is 13.1 Å². The fourth-order valence-electron chi connectivity index (χ4n) is 5.01. The summed E-state index contributed by atoms with van der Waals surface area (Å²) in [7, 11) is 7.48. The molecule has 2 heterocycles. The Morgan fingerprint density at radius 1 is 0.821 bits per heavy atom. The van der Waals surface area contributed by atoms with Crippen LogP contribution in [-0.4, -0.2) is 67.5 Å². The van der Waals surface area contributed by atoms with Gasteiger partial charge >= 0.3 is 0 Å². The number of carbonyl (C=O) groups excluding carboxylic acids is 2. The SMILES string of the molecule is COc1ccccc1-c1ccc(C(=O)N2Cc3ccc(C(=O)N(C)CCN(C)C)n3Cc3ccccc32)cc1. The van der Waals surface area contributed by atoms with E-state index in [0.717, 1.165) is 40.4 Å². The quantitative estimate of drug-likeness (QED) is 0.343. The van der Waals surface area contributed by atoms with Crippen LogP contribution in [-0.2, 0) is 13.1 Å². The zero-order valence-electron chi connectivity index (χ0n) is 22.9. The van der Waals surface area contributed by atoms with Crippen LogP contribution in [0.15, 0.2) is 84.9 Å². The van der Waals surface area contributed by atoms with Crippen molar-refractivity contribution in [1.82, 2.24) is 14.4 Å². The number of para-hydroxylation sites is 2. The first-order valence-electron chi connectivity index (χ1n) is 13.1. The Morgan fingerprint density at radius 2 is 1.54 bits per heavy atom. The molecule has 3 aromatic carbocycles. The van der Waals surface area contributed by atoms with E-state index >= 15 is 0 Å². The molecule has 1 aliphatic heterocycles. The van der Waals surface area contributed by atoms with Crippen LogP contribution < -0.4 is 9.64 Å². The molecule has 39 heavy (non-hydrogen) atoms. The van der Waals surface area contributed by atoms with Crippen molar-refractivity contribution in [3.63, 3.8) is 0 Å². The molecule has 0 saturated carbocycles. The maximum atomic E-state index is 13.9. The smallest absolute Gasteiger partial charge is 0.270 e. The number of hydrogen-bond donors (Lipinski definition) is 0. The van der Waals surface area contributed by atoms with Crippen LogP contribution in [0.5, 0.6) is 5.75 Å². The molecule has 7 heteroatoms. The highest BCUT2D eigenvalue weighted by atomic mass is 16.5. The van der Waals surface area contributed by atoms with Gasteiger partial charge in [-0.05, 0) is 61.6 Å². The molecule has 1 aromatic heterocycles. The van der Waals surface area contributed by atoms with Crippen molar-refractivity contribution in [2.75, 3.05) is 46.2 Å². The van der Waals surface area contributed by atoms with Gasteiger partial charge < -0.3 is 24.0 Å². The second-order valence-corrected chi connectivity index (χ2v) is 10.1. The lowest BCUT2D eigenvalue weighted by Gasteiger charge is -2.23. The number of nitrogens with zero attached hydrogens (tertiary/aromatic N) is 4. The minimum Gasteiger partial charge on any atom is -0.496 e. The molecule has 0 radical (unpaired) electrons. The number of likely N-dealkylation sites (N-methyl/N-ethyl adjacent to an activating group) is 2. The average molecular weight is 523 g/mol. The van der Waals surface area contributed by atoms with Gasteiger partial charge in [-0.15, -0.1) is 0 Å². The van der Waals surface area contributed by atoms with Crippen LogP contribution >= 0.6 is 0 Å². The molecule has 0 spiro atoms. The second-order valence-electron chi connectivity index (χ2n) is 10.1. The predicted molar refractivity (Wildman–Crippen MR) is 154 cm³/mol.